The number of rotatable bonds is 6. The van der Waals surface area contributed by atoms with Crippen molar-refractivity contribution in [3.63, 3.8) is 0 Å². The van der Waals surface area contributed by atoms with Gasteiger partial charge in [0, 0.05) is 33.2 Å². The number of nitrogens with one attached hydrogen (secondary N) is 2. The number of hydrogen-bond acceptors (Lipinski definition) is 3. The van der Waals surface area contributed by atoms with Gasteiger partial charge in [-0.1, -0.05) is 19.8 Å². The maximum absolute atomic E-state index is 11.6. The maximum atomic E-state index is 11.6. The molecule has 0 aromatic heterocycles. The zero-order valence-electron chi connectivity index (χ0n) is 15.2. The van der Waals surface area contributed by atoms with Gasteiger partial charge < -0.3 is 10.6 Å². The van der Waals surface area contributed by atoms with E-state index in [1.807, 2.05) is 0 Å². The lowest BCUT2D eigenvalue weighted by Crippen LogP contribution is -2.44. The van der Waals surface area contributed by atoms with Gasteiger partial charge >= 0.3 is 0 Å². The van der Waals surface area contributed by atoms with Crippen LogP contribution in [0.25, 0.3) is 0 Å². The Labute approximate surface area is 164 Å². The molecule has 0 radical (unpaired) electrons. The minimum atomic E-state index is -3.05. The largest absolute Gasteiger partial charge is 0.356 e. The molecule has 24 heavy (non-hydrogen) atoms. The third-order valence-corrected chi connectivity index (χ3v) is 6.81. The van der Waals surface area contributed by atoms with Gasteiger partial charge in [0.05, 0.1) is 6.26 Å². The molecule has 1 atom stereocenters. The number of aliphatic imine (C=N–C) groups is 1. The molecule has 0 spiro atoms. The van der Waals surface area contributed by atoms with E-state index >= 15 is 0 Å². The van der Waals surface area contributed by atoms with E-state index in [2.05, 4.69) is 22.5 Å². The molecule has 1 aliphatic carbocycles. The summed E-state index contributed by atoms with van der Waals surface area (Å²) in [5, 5.41) is 6.84. The fourth-order valence-corrected chi connectivity index (χ4v) is 4.70. The second-order valence-corrected chi connectivity index (χ2v) is 9.13. The van der Waals surface area contributed by atoms with Crippen LogP contribution < -0.4 is 10.6 Å². The molecule has 2 aliphatic rings. The maximum Gasteiger partial charge on any atom is 0.211 e. The Morgan fingerprint density at radius 3 is 2.46 bits per heavy atom. The molecule has 1 heterocycles. The fraction of sp³-hybridized carbons (Fsp3) is 0.938. The van der Waals surface area contributed by atoms with Crippen LogP contribution in [-0.4, -0.2) is 58.2 Å². The van der Waals surface area contributed by atoms with Crippen molar-refractivity contribution >= 4 is 40.0 Å². The number of guanidine groups is 1. The van der Waals surface area contributed by atoms with Gasteiger partial charge in [-0.05, 0) is 37.0 Å². The topological polar surface area (TPSA) is 73.8 Å². The van der Waals surface area contributed by atoms with Gasteiger partial charge in [-0.2, -0.15) is 0 Å². The summed E-state index contributed by atoms with van der Waals surface area (Å²) < 4.78 is 24.7. The molecule has 0 bridgehead atoms. The average molecular weight is 472 g/mol. The molecule has 0 amide bonds. The smallest absolute Gasteiger partial charge is 0.211 e. The van der Waals surface area contributed by atoms with Crippen molar-refractivity contribution in [1.82, 2.24) is 14.9 Å². The van der Waals surface area contributed by atoms with Crippen molar-refractivity contribution in [3.8, 4) is 0 Å². The molecule has 2 fully saturated rings. The minimum absolute atomic E-state index is 0. The summed E-state index contributed by atoms with van der Waals surface area (Å²) in [4.78, 5) is 4.31. The SMILES string of the molecule is CCC1(CNC(=NC)NCC2CCN(S(C)(=O)=O)C2)CCCC1.I. The zero-order valence-corrected chi connectivity index (χ0v) is 18.3. The van der Waals surface area contributed by atoms with Gasteiger partial charge in [-0.25, -0.2) is 12.7 Å². The third-order valence-electron chi connectivity index (χ3n) is 5.54. The molecule has 2 N–H and O–H groups in total. The predicted octanol–water partition coefficient (Wildman–Crippen LogP) is 2.02. The predicted molar refractivity (Wildman–Crippen MR) is 110 cm³/mol. The van der Waals surface area contributed by atoms with Crippen LogP contribution >= 0.6 is 24.0 Å². The van der Waals surface area contributed by atoms with E-state index in [9.17, 15) is 8.42 Å². The van der Waals surface area contributed by atoms with Crippen molar-refractivity contribution in [2.45, 2.75) is 45.4 Å². The lowest BCUT2D eigenvalue weighted by molar-refractivity contribution is 0.283. The van der Waals surface area contributed by atoms with Gasteiger partial charge in [-0.15, -0.1) is 24.0 Å². The van der Waals surface area contributed by atoms with Crippen LogP contribution in [0.5, 0.6) is 0 Å². The highest BCUT2D eigenvalue weighted by atomic mass is 127. The summed E-state index contributed by atoms with van der Waals surface area (Å²) in [5.41, 5.74) is 0.429. The fourth-order valence-electron chi connectivity index (χ4n) is 3.78. The van der Waals surface area contributed by atoms with Crippen molar-refractivity contribution in [3.05, 3.63) is 0 Å². The van der Waals surface area contributed by atoms with Crippen molar-refractivity contribution in [2.24, 2.45) is 16.3 Å². The monoisotopic (exact) mass is 472 g/mol. The molecule has 2 rings (SSSR count). The summed E-state index contributed by atoms with van der Waals surface area (Å²) in [6, 6.07) is 0. The van der Waals surface area contributed by atoms with Crippen LogP contribution in [0.1, 0.15) is 45.4 Å². The number of nitrogens with zero attached hydrogens (tertiary/aromatic N) is 2. The summed E-state index contributed by atoms with van der Waals surface area (Å²) in [5.74, 6) is 1.19. The molecular formula is C16H33IN4O2S. The molecule has 1 saturated heterocycles. The summed E-state index contributed by atoms with van der Waals surface area (Å²) >= 11 is 0. The van der Waals surface area contributed by atoms with E-state index in [4.69, 9.17) is 0 Å². The Kier molecular flexibility index (Phi) is 8.75. The zero-order chi connectivity index (χ0) is 16.9. The highest BCUT2D eigenvalue weighted by Crippen LogP contribution is 2.40. The molecule has 8 heteroatoms. The molecular weight excluding hydrogens is 439 g/mol. The Bertz CT molecular complexity index is 518. The van der Waals surface area contributed by atoms with Gasteiger partial charge in [-0.3, -0.25) is 4.99 Å². The second-order valence-electron chi connectivity index (χ2n) is 7.14. The molecule has 0 aromatic carbocycles. The summed E-state index contributed by atoms with van der Waals surface area (Å²) in [6.07, 6.45) is 8.70. The third kappa shape index (κ3) is 6.01. The van der Waals surface area contributed by atoms with Crippen LogP contribution in [0.15, 0.2) is 4.99 Å². The molecule has 1 saturated carbocycles. The van der Waals surface area contributed by atoms with Gasteiger partial charge in [0.15, 0.2) is 5.96 Å². The molecule has 1 aliphatic heterocycles. The number of halogens is 1. The average Bonchev–Trinajstić information content (AvgIpc) is 3.16. The van der Waals surface area contributed by atoms with Gasteiger partial charge in [0.25, 0.3) is 0 Å². The van der Waals surface area contributed by atoms with Crippen molar-refractivity contribution < 1.29 is 8.42 Å². The van der Waals surface area contributed by atoms with E-state index in [-0.39, 0.29) is 24.0 Å². The first kappa shape index (κ1) is 22.0. The van der Waals surface area contributed by atoms with Crippen LogP contribution in [0.4, 0.5) is 0 Å². The van der Waals surface area contributed by atoms with Gasteiger partial charge in [0.1, 0.15) is 0 Å². The van der Waals surface area contributed by atoms with E-state index in [1.54, 1.807) is 11.4 Å². The number of sulfonamides is 1. The Morgan fingerprint density at radius 1 is 1.29 bits per heavy atom. The Hall–Kier alpha value is -0.0900. The van der Waals surface area contributed by atoms with E-state index < -0.39 is 10.0 Å². The first-order valence-corrected chi connectivity index (χ1v) is 10.6. The Balaban J connectivity index is 0.00000288. The van der Waals surface area contributed by atoms with Crippen LogP contribution in [0.3, 0.4) is 0 Å². The van der Waals surface area contributed by atoms with E-state index in [0.29, 0.717) is 24.4 Å². The van der Waals surface area contributed by atoms with Crippen LogP contribution in [-0.2, 0) is 10.0 Å². The normalized spacial score (nSPS) is 24.6. The molecule has 0 aromatic rings. The molecule has 142 valence electrons. The van der Waals surface area contributed by atoms with E-state index in [1.165, 1.54) is 38.4 Å². The minimum Gasteiger partial charge on any atom is -0.356 e. The first-order chi connectivity index (χ1) is 10.9. The van der Waals surface area contributed by atoms with Crippen LogP contribution in [0.2, 0.25) is 0 Å². The highest BCUT2D eigenvalue weighted by molar-refractivity contribution is 14.0. The lowest BCUT2D eigenvalue weighted by atomic mass is 9.83. The molecule has 1 unspecified atom stereocenters. The quantitative estimate of drug-likeness (QED) is 0.353. The summed E-state index contributed by atoms with van der Waals surface area (Å²) in [7, 11) is -1.26. The summed E-state index contributed by atoms with van der Waals surface area (Å²) in [6.45, 7) is 5.27. The highest BCUT2D eigenvalue weighted by Gasteiger charge is 2.32. The molecule has 6 nitrogen and oxygen atoms in total. The van der Waals surface area contributed by atoms with Gasteiger partial charge in [0.2, 0.25) is 10.0 Å². The lowest BCUT2D eigenvalue weighted by Gasteiger charge is -2.28. The Morgan fingerprint density at radius 2 is 1.96 bits per heavy atom. The number of hydrogen-bond donors (Lipinski definition) is 2. The van der Waals surface area contributed by atoms with Crippen molar-refractivity contribution in [1.29, 1.82) is 0 Å². The van der Waals surface area contributed by atoms with Crippen molar-refractivity contribution in [2.75, 3.05) is 39.5 Å². The van der Waals surface area contributed by atoms with E-state index in [0.717, 1.165) is 25.5 Å². The standard InChI is InChI=1S/C16H32N4O2S.HI/c1-4-16(8-5-6-9-16)13-19-15(17-2)18-11-14-7-10-20(12-14)23(3,21)22;/h14H,4-13H2,1-3H3,(H2,17,18,19);1H. The second kappa shape index (κ2) is 9.56. The van der Waals surface area contributed by atoms with Crippen LogP contribution in [0, 0.1) is 11.3 Å². The first-order valence-electron chi connectivity index (χ1n) is 8.78.